The molecular weight excluding hydrogens is 350 g/mol. The number of hydrogen-bond donors (Lipinski definition) is 2. The summed E-state index contributed by atoms with van der Waals surface area (Å²) in [6, 6.07) is 17.3. The molecule has 5 rings (SSSR count). The van der Waals surface area contributed by atoms with Gasteiger partial charge in [-0.15, -0.1) is 10.2 Å². The number of aromatic amines is 1. The van der Waals surface area contributed by atoms with Crippen molar-refractivity contribution in [3.8, 4) is 0 Å². The number of aryl methyl sites for hydroxylation is 1. The molecule has 140 valence electrons. The second-order valence-electron chi connectivity index (χ2n) is 7.19. The molecule has 0 bridgehead atoms. The maximum Gasteiger partial charge on any atom is 0.251 e. The maximum atomic E-state index is 12.9. The van der Waals surface area contributed by atoms with Crippen LogP contribution in [0.3, 0.4) is 0 Å². The quantitative estimate of drug-likeness (QED) is 0.564. The van der Waals surface area contributed by atoms with Gasteiger partial charge >= 0.3 is 0 Å². The number of fused-ring (bicyclic) bond motifs is 2. The molecule has 0 fully saturated rings. The van der Waals surface area contributed by atoms with Crippen LogP contribution in [0.2, 0.25) is 0 Å². The Morgan fingerprint density at radius 1 is 1.11 bits per heavy atom. The molecule has 0 spiro atoms. The average molecular weight is 371 g/mol. The van der Waals surface area contributed by atoms with E-state index in [0.29, 0.717) is 12.0 Å². The second kappa shape index (κ2) is 6.96. The van der Waals surface area contributed by atoms with Gasteiger partial charge in [0.1, 0.15) is 5.82 Å². The normalized spacial score (nSPS) is 14.1. The minimum absolute atomic E-state index is 0.0965. The molecule has 0 saturated heterocycles. The largest absolute Gasteiger partial charge is 0.361 e. The van der Waals surface area contributed by atoms with Crippen molar-refractivity contribution in [1.82, 2.24) is 25.1 Å². The van der Waals surface area contributed by atoms with Crippen molar-refractivity contribution in [2.24, 2.45) is 0 Å². The molecule has 4 aromatic rings. The van der Waals surface area contributed by atoms with E-state index in [-0.39, 0.29) is 11.9 Å². The molecule has 6 nitrogen and oxygen atoms in total. The predicted octanol–water partition coefficient (Wildman–Crippen LogP) is 3.42. The first-order chi connectivity index (χ1) is 13.8. The molecule has 0 saturated carbocycles. The zero-order chi connectivity index (χ0) is 18.9. The Labute approximate surface area is 162 Å². The van der Waals surface area contributed by atoms with Crippen molar-refractivity contribution in [2.75, 3.05) is 0 Å². The Morgan fingerprint density at radius 2 is 1.93 bits per heavy atom. The van der Waals surface area contributed by atoms with Crippen molar-refractivity contribution in [2.45, 2.75) is 31.8 Å². The van der Waals surface area contributed by atoms with Gasteiger partial charge in [0.15, 0.2) is 5.82 Å². The highest BCUT2D eigenvalue weighted by Gasteiger charge is 2.26. The molecule has 1 aliphatic rings. The maximum absolute atomic E-state index is 12.9. The first kappa shape index (κ1) is 16.7. The summed E-state index contributed by atoms with van der Waals surface area (Å²) in [7, 11) is 0. The summed E-state index contributed by atoms with van der Waals surface area (Å²) in [5.74, 6) is 1.75. The van der Waals surface area contributed by atoms with Gasteiger partial charge in [-0.05, 0) is 30.2 Å². The van der Waals surface area contributed by atoms with E-state index >= 15 is 0 Å². The van der Waals surface area contributed by atoms with Crippen LogP contribution in [-0.4, -0.2) is 25.7 Å². The molecule has 0 aliphatic carbocycles. The summed E-state index contributed by atoms with van der Waals surface area (Å²) >= 11 is 0. The van der Waals surface area contributed by atoms with Crippen LogP contribution in [0.25, 0.3) is 10.9 Å². The molecule has 0 unspecified atom stereocenters. The predicted molar refractivity (Wildman–Crippen MR) is 107 cm³/mol. The van der Waals surface area contributed by atoms with Crippen LogP contribution < -0.4 is 5.32 Å². The number of hydrogen-bond acceptors (Lipinski definition) is 3. The lowest BCUT2D eigenvalue weighted by atomic mass is 10.0. The third-order valence-corrected chi connectivity index (χ3v) is 5.39. The van der Waals surface area contributed by atoms with E-state index in [9.17, 15) is 4.79 Å². The van der Waals surface area contributed by atoms with Gasteiger partial charge in [0.25, 0.3) is 5.91 Å². The van der Waals surface area contributed by atoms with Gasteiger partial charge in [0, 0.05) is 42.0 Å². The first-order valence-electron chi connectivity index (χ1n) is 9.62. The number of H-pyrrole nitrogens is 1. The fourth-order valence-corrected chi connectivity index (χ4v) is 3.99. The number of nitrogens with zero attached hydrogens (tertiary/aromatic N) is 3. The van der Waals surface area contributed by atoms with Gasteiger partial charge in [0.05, 0.1) is 6.04 Å². The van der Waals surface area contributed by atoms with Crippen molar-refractivity contribution in [1.29, 1.82) is 0 Å². The van der Waals surface area contributed by atoms with Gasteiger partial charge in [-0.1, -0.05) is 36.4 Å². The van der Waals surface area contributed by atoms with Gasteiger partial charge in [-0.25, -0.2) is 0 Å². The number of para-hydroxylation sites is 1. The van der Waals surface area contributed by atoms with Gasteiger partial charge < -0.3 is 14.9 Å². The van der Waals surface area contributed by atoms with Crippen LogP contribution in [0, 0.1) is 0 Å². The molecule has 2 aromatic heterocycles. The van der Waals surface area contributed by atoms with Crippen molar-refractivity contribution >= 4 is 16.8 Å². The Bertz CT molecular complexity index is 1130. The lowest BCUT2D eigenvalue weighted by molar-refractivity contribution is 0.0934. The van der Waals surface area contributed by atoms with Crippen LogP contribution in [-0.2, 0) is 19.4 Å². The fraction of sp³-hybridized carbons (Fsp3) is 0.227. The monoisotopic (exact) mass is 371 g/mol. The molecule has 2 aromatic carbocycles. The SMILES string of the molecule is O=C(N[C@H](Cc1c[nH]c2ccccc12)c1nnc2n1CCC2)c1ccccc1. The molecule has 28 heavy (non-hydrogen) atoms. The molecule has 2 N–H and O–H groups in total. The lowest BCUT2D eigenvalue weighted by Gasteiger charge is -2.18. The van der Waals surface area contributed by atoms with E-state index in [1.54, 1.807) is 0 Å². The van der Waals surface area contributed by atoms with Gasteiger partial charge in [0.2, 0.25) is 0 Å². The van der Waals surface area contributed by atoms with Crippen LogP contribution >= 0.6 is 0 Å². The Morgan fingerprint density at radius 3 is 2.82 bits per heavy atom. The van der Waals surface area contributed by atoms with Gasteiger partial charge in [-0.3, -0.25) is 4.79 Å². The molecule has 0 radical (unpaired) electrons. The van der Waals surface area contributed by atoms with Gasteiger partial charge in [-0.2, -0.15) is 0 Å². The highest BCUT2D eigenvalue weighted by atomic mass is 16.1. The number of carbonyl (C=O) groups is 1. The minimum Gasteiger partial charge on any atom is -0.361 e. The number of carbonyl (C=O) groups excluding carboxylic acids is 1. The fourth-order valence-electron chi connectivity index (χ4n) is 3.99. The minimum atomic E-state index is -0.244. The van der Waals surface area contributed by atoms with Crippen LogP contribution in [0.1, 0.15) is 40.0 Å². The number of benzene rings is 2. The highest BCUT2D eigenvalue weighted by Crippen LogP contribution is 2.26. The molecule has 3 heterocycles. The Kier molecular flexibility index (Phi) is 4.16. The standard InChI is InChI=1S/C22H21N5O/c28-22(15-7-2-1-3-8-15)24-19(21-26-25-20-11-6-12-27(20)21)13-16-14-23-18-10-5-4-9-17(16)18/h1-5,7-10,14,19,23H,6,11-13H2,(H,24,28)/t19-/m1/s1. The molecule has 6 heteroatoms. The number of rotatable bonds is 5. The van der Waals surface area contributed by atoms with E-state index < -0.39 is 0 Å². The van der Waals surface area contributed by atoms with Crippen LogP contribution in [0.15, 0.2) is 60.8 Å². The third-order valence-electron chi connectivity index (χ3n) is 5.39. The van der Waals surface area contributed by atoms with E-state index in [0.717, 1.165) is 42.1 Å². The average Bonchev–Trinajstić information content (AvgIpc) is 3.44. The molecule has 1 atom stereocenters. The highest BCUT2D eigenvalue weighted by molar-refractivity contribution is 5.94. The summed E-state index contributed by atoms with van der Waals surface area (Å²) in [5.41, 5.74) is 2.90. The van der Waals surface area contributed by atoms with Crippen molar-refractivity contribution < 1.29 is 4.79 Å². The van der Waals surface area contributed by atoms with Crippen molar-refractivity contribution in [3.05, 3.63) is 83.6 Å². The zero-order valence-electron chi connectivity index (χ0n) is 15.4. The molecule has 1 amide bonds. The Hall–Kier alpha value is -3.41. The van der Waals surface area contributed by atoms with E-state index in [4.69, 9.17) is 0 Å². The second-order valence-corrected chi connectivity index (χ2v) is 7.19. The number of aromatic nitrogens is 4. The summed E-state index contributed by atoms with van der Waals surface area (Å²) in [4.78, 5) is 16.2. The Balaban J connectivity index is 1.50. The van der Waals surface area contributed by atoms with E-state index in [1.807, 2.05) is 48.7 Å². The van der Waals surface area contributed by atoms with Crippen LogP contribution in [0.4, 0.5) is 0 Å². The zero-order valence-corrected chi connectivity index (χ0v) is 15.4. The smallest absolute Gasteiger partial charge is 0.251 e. The summed E-state index contributed by atoms with van der Waals surface area (Å²) < 4.78 is 2.16. The summed E-state index contributed by atoms with van der Waals surface area (Å²) in [5, 5.41) is 13.1. The van der Waals surface area contributed by atoms with Crippen LogP contribution in [0.5, 0.6) is 0 Å². The lowest BCUT2D eigenvalue weighted by Crippen LogP contribution is -2.32. The first-order valence-corrected chi connectivity index (χ1v) is 9.62. The number of nitrogens with one attached hydrogen (secondary N) is 2. The topological polar surface area (TPSA) is 75.6 Å². The van der Waals surface area contributed by atoms with Crippen molar-refractivity contribution in [3.63, 3.8) is 0 Å². The summed E-state index contributed by atoms with van der Waals surface area (Å²) in [6.45, 7) is 0.906. The molecular formula is C22H21N5O. The number of amides is 1. The summed E-state index contributed by atoms with van der Waals surface area (Å²) in [6.07, 6.45) is 4.69. The van der Waals surface area contributed by atoms with E-state index in [2.05, 4.69) is 37.2 Å². The molecule has 1 aliphatic heterocycles. The third kappa shape index (κ3) is 2.97. The van der Waals surface area contributed by atoms with E-state index in [1.165, 1.54) is 5.39 Å².